The molecule has 4 rings (SSSR count). The average Bonchev–Trinajstić information content (AvgIpc) is 2.88. The molecule has 1 aromatic heterocycles. The lowest BCUT2D eigenvalue weighted by Crippen LogP contribution is -2.37. The smallest absolute Gasteiger partial charge is 0.406 e. The van der Waals surface area contributed by atoms with Crippen LogP contribution in [-0.4, -0.2) is 47.9 Å². The number of aromatic nitrogens is 1. The highest BCUT2D eigenvalue weighted by atomic mass is 35.5. The van der Waals surface area contributed by atoms with Crippen molar-refractivity contribution < 1.29 is 37.0 Å². The third-order valence-electron chi connectivity index (χ3n) is 6.95. The van der Waals surface area contributed by atoms with Crippen molar-refractivity contribution in [2.75, 3.05) is 25.1 Å². The van der Waals surface area contributed by atoms with Crippen LogP contribution in [-0.2, 0) is 17.9 Å². The molecule has 13 heteroatoms. The molecule has 0 atom stereocenters. The first-order valence-electron chi connectivity index (χ1n) is 12.3. The summed E-state index contributed by atoms with van der Waals surface area (Å²) in [5, 5.41) is 11.8. The van der Waals surface area contributed by atoms with Crippen LogP contribution in [0.5, 0.6) is 5.75 Å². The van der Waals surface area contributed by atoms with Gasteiger partial charge in [0.05, 0.1) is 23.9 Å². The number of carboxylic acid groups (broad SMARTS) is 1. The van der Waals surface area contributed by atoms with Crippen LogP contribution in [0.3, 0.4) is 0 Å². The van der Waals surface area contributed by atoms with Gasteiger partial charge in [0.1, 0.15) is 17.8 Å². The van der Waals surface area contributed by atoms with Crippen molar-refractivity contribution >= 4 is 40.1 Å². The molecule has 1 amide bonds. The fraction of sp³-hybridized carbons (Fsp3) is 0.370. The standard InChI is InChI=1S/C27H26ClF4N3O5/c1-14-9-17(28)4-3-16(14)11-33-25(37)19-12-35(13-27(30,31)32)21-18(23(19)36)10-20(29)22(24(21)40-2)34-7-5-15(6-8-34)26(38)39/h3-4,9-10,12,15H,5-8,11,13H2,1-2H3,(H,33,37)(H,38,39). The molecule has 2 heterocycles. The summed E-state index contributed by atoms with van der Waals surface area (Å²) in [4.78, 5) is 39.2. The van der Waals surface area contributed by atoms with E-state index in [1.165, 1.54) is 4.90 Å². The quantitative estimate of drug-likeness (QED) is 0.384. The predicted molar refractivity (Wildman–Crippen MR) is 141 cm³/mol. The Morgan fingerprint density at radius 2 is 1.88 bits per heavy atom. The number of hydrogen-bond acceptors (Lipinski definition) is 5. The topological polar surface area (TPSA) is 101 Å². The molecule has 1 fully saturated rings. The van der Waals surface area contributed by atoms with E-state index in [0.717, 1.165) is 24.9 Å². The highest BCUT2D eigenvalue weighted by Crippen LogP contribution is 2.40. The van der Waals surface area contributed by atoms with E-state index in [1.807, 2.05) is 0 Å². The number of aryl methyl sites for hydroxylation is 1. The van der Waals surface area contributed by atoms with Gasteiger partial charge in [0.25, 0.3) is 5.91 Å². The summed E-state index contributed by atoms with van der Waals surface area (Å²) in [6, 6.07) is 5.75. The van der Waals surface area contributed by atoms with Gasteiger partial charge in [0.15, 0.2) is 11.6 Å². The van der Waals surface area contributed by atoms with E-state index in [-0.39, 0.29) is 49.4 Å². The number of amides is 1. The summed E-state index contributed by atoms with van der Waals surface area (Å²) in [6.45, 7) is 0.384. The lowest BCUT2D eigenvalue weighted by atomic mass is 9.96. The van der Waals surface area contributed by atoms with Crippen molar-refractivity contribution in [1.82, 2.24) is 9.88 Å². The van der Waals surface area contributed by atoms with Crippen LogP contribution < -0.4 is 20.4 Å². The number of carbonyl (C=O) groups is 2. The Labute approximate surface area is 231 Å². The molecule has 2 N–H and O–H groups in total. The molecular weight excluding hydrogens is 558 g/mol. The number of nitrogens with zero attached hydrogens (tertiary/aromatic N) is 2. The molecule has 2 aromatic carbocycles. The molecule has 0 saturated carbocycles. The van der Waals surface area contributed by atoms with E-state index in [2.05, 4.69) is 5.32 Å². The van der Waals surface area contributed by atoms with E-state index < -0.39 is 52.7 Å². The molecule has 0 bridgehead atoms. The summed E-state index contributed by atoms with van der Waals surface area (Å²) in [5.41, 5.74) is -0.631. The summed E-state index contributed by atoms with van der Waals surface area (Å²) < 4.78 is 62.5. The van der Waals surface area contributed by atoms with Gasteiger partial charge in [-0.1, -0.05) is 17.7 Å². The zero-order valence-electron chi connectivity index (χ0n) is 21.6. The third kappa shape index (κ3) is 6.01. The van der Waals surface area contributed by atoms with Crippen LogP contribution in [0.15, 0.2) is 35.3 Å². The van der Waals surface area contributed by atoms with Gasteiger partial charge in [-0.05, 0) is 49.1 Å². The Morgan fingerprint density at radius 3 is 2.45 bits per heavy atom. The number of aliphatic carboxylic acids is 1. The number of alkyl halides is 3. The number of ether oxygens (including phenoxy) is 1. The Kier molecular flexibility index (Phi) is 8.29. The van der Waals surface area contributed by atoms with Crippen molar-refractivity contribution in [1.29, 1.82) is 0 Å². The van der Waals surface area contributed by atoms with Crippen molar-refractivity contribution in [3.05, 3.63) is 68.2 Å². The minimum absolute atomic E-state index is 0.0263. The zero-order chi connectivity index (χ0) is 29.4. The van der Waals surface area contributed by atoms with Crippen molar-refractivity contribution in [2.45, 2.75) is 39.0 Å². The van der Waals surface area contributed by atoms with Crippen LogP contribution in [0.2, 0.25) is 5.02 Å². The maximum atomic E-state index is 15.5. The molecular formula is C27H26ClF4N3O5. The summed E-state index contributed by atoms with van der Waals surface area (Å²) in [6.07, 6.45) is -3.58. The second-order valence-corrected chi connectivity index (χ2v) is 10.0. The largest absolute Gasteiger partial charge is 0.492 e. The van der Waals surface area contributed by atoms with E-state index in [9.17, 15) is 32.7 Å². The van der Waals surface area contributed by atoms with Gasteiger partial charge in [-0.3, -0.25) is 14.4 Å². The normalized spacial score (nSPS) is 14.4. The number of benzene rings is 2. The summed E-state index contributed by atoms with van der Waals surface area (Å²) in [7, 11) is 1.14. The Morgan fingerprint density at radius 1 is 1.20 bits per heavy atom. The van der Waals surface area contributed by atoms with Gasteiger partial charge in [0.2, 0.25) is 5.43 Å². The van der Waals surface area contributed by atoms with Gasteiger partial charge in [-0.25, -0.2) is 4.39 Å². The molecule has 1 aliphatic rings. The van der Waals surface area contributed by atoms with Crippen molar-refractivity contribution in [3.63, 3.8) is 0 Å². The minimum atomic E-state index is -4.75. The van der Waals surface area contributed by atoms with Crippen molar-refractivity contribution in [2.24, 2.45) is 5.92 Å². The Hall–Kier alpha value is -3.80. The molecule has 8 nitrogen and oxygen atoms in total. The number of hydrogen-bond donors (Lipinski definition) is 2. The molecule has 214 valence electrons. The van der Waals surface area contributed by atoms with E-state index in [4.69, 9.17) is 16.3 Å². The first-order chi connectivity index (χ1) is 18.8. The van der Waals surface area contributed by atoms with Gasteiger partial charge >= 0.3 is 12.1 Å². The van der Waals surface area contributed by atoms with E-state index >= 15 is 4.39 Å². The monoisotopic (exact) mass is 583 g/mol. The number of rotatable bonds is 7. The van der Waals surface area contributed by atoms with E-state index in [0.29, 0.717) is 15.2 Å². The van der Waals surface area contributed by atoms with Gasteiger partial charge < -0.3 is 24.6 Å². The summed E-state index contributed by atoms with van der Waals surface area (Å²) >= 11 is 5.95. The number of carbonyl (C=O) groups excluding carboxylic acids is 1. The summed E-state index contributed by atoms with van der Waals surface area (Å²) in [5.74, 6) is -3.80. The van der Waals surface area contributed by atoms with Crippen LogP contribution in [0.1, 0.15) is 34.3 Å². The third-order valence-corrected chi connectivity index (χ3v) is 7.18. The number of anilines is 1. The van der Waals surface area contributed by atoms with Crippen LogP contribution in [0.4, 0.5) is 23.2 Å². The number of fused-ring (bicyclic) bond motifs is 1. The molecule has 0 radical (unpaired) electrons. The number of halogens is 5. The molecule has 0 unspecified atom stereocenters. The number of nitrogens with one attached hydrogen (secondary N) is 1. The highest BCUT2D eigenvalue weighted by Gasteiger charge is 2.33. The second kappa shape index (κ2) is 11.4. The van der Waals surface area contributed by atoms with Gasteiger partial charge in [-0.15, -0.1) is 0 Å². The fourth-order valence-electron chi connectivity index (χ4n) is 4.93. The minimum Gasteiger partial charge on any atom is -0.492 e. The number of pyridine rings is 1. The lowest BCUT2D eigenvalue weighted by Gasteiger charge is -2.33. The lowest BCUT2D eigenvalue weighted by molar-refractivity contribution is -0.142. The maximum absolute atomic E-state index is 15.5. The van der Waals surface area contributed by atoms with Gasteiger partial charge in [-0.2, -0.15) is 13.2 Å². The zero-order valence-corrected chi connectivity index (χ0v) is 22.3. The van der Waals surface area contributed by atoms with E-state index in [1.54, 1.807) is 25.1 Å². The van der Waals surface area contributed by atoms with Gasteiger partial charge in [0, 0.05) is 30.9 Å². The fourth-order valence-corrected chi connectivity index (χ4v) is 5.16. The maximum Gasteiger partial charge on any atom is 0.406 e. The van der Waals surface area contributed by atoms with Crippen LogP contribution >= 0.6 is 11.6 Å². The van der Waals surface area contributed by atoms with Crippen molar-refractivity contribution in [3.8, 4) is 5.75 Å². The molecule has 0 spiro atoms. The first-order valence-corrected chi connectivity index (χ1v) is 12.7. The second-order valence-electron chi connectivity index (χ2n) is 9.60. The Balaban J connectivity index is 1.81. The highest BCUT2D eigenvalue weighted by molar-refractivity contribution is 6.30. The number of piperidine rings is 1. The molecule has 3 aromatic rings. The van der Waals surface area contributed by atoms with Crippen LogP contribution in [0, 0.1) is 18.7 Å². The Bertz CT molecular complexity index is 1530. The van der Waals surface area contributed by atoms with Crippen LogP contribution in [0.25, 0.3) is 10.9 Å². The predicted octanol–water partition coefficient (Wildman–Crippen LogP) is 4.90. The molecule has 1 aliphatic heterocycles. The first kappa shape index (κ1) is 29.2. The number of methoxy groups -OCH3 is 1. The average molecular weight is 584 g/mol. The number of carboxylic acids is 1. The SMILES string of the molecule is COc1c(N2CCC(C(=O)O)CC2)c(F)cc2c(=O)c(C(=O)NCc3ccc(Cl)cc3C)cn(CC(F)(F)F)c12. The molecule has 40 heavy (non-hydrogen) atoms. The molecule has 0 aliphatic carbocycles. The molecule has 1 saturated heterocycles.